The first-order valence-corrected chi connectivity index (χ1v) is 5.86. The van der Waals surface area contributed by atoms with E-state index in [0.717, 1.165) is 11.8 Å². The van der Waals surface area contributed by atoms with Crippen molar-refractivity contribution in [1.29, 1.82) is 0 Å². The molecule has 1 aromatic heterocycles. The molecule has 0 saturated carbocycles. The Bertz CT molecular complexity index is 534. The number of hydrogen-bond donors (Lipinski definition) is 1. The number of nitrogens with one attached hydrogen (secondary N) is 1. The Balaban J connectivity index is 2.03. The van der Waals surface area contributed by atoms with Gasteiger partial charge in [0.2, 0.25) is 0 Å². The molecular formula is C14H16F2N2. The quantitative estimate of drug-likeness (QED) is 0.882. The van der Waals surface area contributed by atoms with Crippen LogP contribution in [0, 0.1) is 11.6 Å². The molecule has 1 unspecified atom stereocenters. The summed E-state index contributed by atoms with van der Waals surface area (Å²) in [4.78, 5) is 0. The van der Waals surface area contributed by atoms with Crippen LogP contribution in [0.2, 0.25) is 0 Å². The molecule has 0 saturated heterocycles. The van der Waals surface area contributed by atoms with Gasteiger partial charge in [-0.2, -0.15) is 0 Å². The van der Waals surface area contributed by atoms with E-state index in [1.54, 1.807) is 0 Å². The van der Waals surface area contributed by atoms with Gasteiger partial charge in [-0.1, -0.05) is 6.07 Å². The van der Waals surface area contributed by atoms with Gasteiger partial charge in [0.1, 0.15) is 11.6 Å². The lowest BCUT2D eigenvalue weighted by molar-refractivity contribution is 0.511. The fraction of sp³-hybridized carbons (Fsp3) is 0.286. The molecular weight excluding hydrogens is 234 g/mol. The lowest BCUT2D eigenvalue weighted by Gasteiger charge is -2.15. The van der Waals surface area contributed by atoms with Crippen LogP contribution in [-0.4, -0.2) is 4.57 Å². The molecule has 96 valence electrons. The molecule has 1 aromatic carbocycles. The highest BCUT2D eigenvalue weighted by atomic mass is 19.1. The van der Waals surface area contributed by atoms with Crippen LogP contribution in [0.25, 0.3) is 0 Å². The number of aromatic nitrogens is 1. The van der Waals surface area contributed by atoms with Gasteiger partial charge in [0.15, 0.2) is 0 Å². The Morgan fingerprint density at radius 3 is 2.67 bits per heavy atom. The lowest BCUT2D eigenvalue weighted by atomic mass is 10.1. The minimum atomic E-state index is -0.550. The van der Waals surface area contributed by atoms with Crippen molar-refractivity contribution in [2.24, 2.45) is 7.05 Å². The number of hydrogen-bond acceptors (Lipinski definition) is 1. The second-order valence-corrected chi connectivity index (χ2v) is 4.38. The average molecular weight is 250 g/mol. The van der Waals surface area contributed by atoms with Gasteiger partial charge in [0, 0.05) is 43.2 Å². The normalized spacial score (nSPS) is 12.7. The predicted octanol–water partition coefficient (Wildman–Crippen LogP) is 3.15. The highest BCUT2D eigenvalue weighted by Gasteiger charge is 2.11. The van der Waals surface area contributed by atoms with Gasteiger partial charge in [-0.3, -0.25) is 0 Å². The van der Waals surface area contributed by atoms with E-state index in [1.165, 1.54) is 12.1 Å². The van der Waals surface area contributed by atoms with Crippen LogP contribution in [0.1, 0.15) is 24.2 Å². The van der Waals surface area contributed by atoms with Gasteiger partial charge >= 0.3 is 0 Å². The van der Waals surface area contributed by atoms with Crippen molar-refractivity contribution in [2.75, 3.05) is 0 Å². The third-order valence-electron chi connectivity index (χ3n) is 3.07. The molecule has 4 heteroatoms. The van der Waals surface area contributed by atoms with Gasteiger partial charge < -0.3 is 9.88 Å². The Labute approximate surface area is 105 Å². The minimum Gasteiger partial charge on any atom is -0.353 e. The highest BCUT2D eigenvalue weighted by molar-refractivity contribution is 5.21. The summed E-state index contributed by atoms with van der Waals surface area (Å²) in [6.07, 6.45) is 1.96. The second kappa shape index (κ2) is 5.31. The molecule has 0 fully saturated rings. The number of nitrogens with zero attached hydrogens (tertiary/aromatic N) is 1. The second-order valence-electron chi connectivity index (χ2n) is 4.38. The zero-order valence-electron chi connectivity index (χ0n) is 10.5. The summed E-state index contributed by atoms with van der Waals surface area (Å²) in [5, 5.41) is 3.22. The summed E-state index contributed by atoms with van der Waals surface area (Å²) >= 11 is 0. The fourth-order valence-corrected chi connectivity index (χ4v) is 1.90. The van der Waals surface area contributed by atoms with Crippen LogP contribution in [0.3, 0.4) is 0 Å². The Hall–Kier alpha value is -1.68. The van der Waals surface area contributed by atoms with E-state index in [1.807, 2.05) is 36.9 Å². The zero-order chi connectivity index (χ0) is 13.1. The molecule has 1 atom stereocenters. The molecule has 0 aliphatic rings. The molecule has 0 spiro atoms. The molecule has 1 heterocycles. The van der Waals surface area contributed by atoms with Gasteiger partial charge in [-0.15, -0.1) is 0 Å². The van der Waals surface area contributed by atoms with Gasteiger partial charge in [-0.05, 0) is 25.1 Å². The molecule has 2 rings (SSSR count). The van der Waals surface area contributed by atoms with Crippen LogP contribution in [0.5, 0.6) is 0 Å². The largest absolute Gasteiger partial charge is 0.353 e. The smallest absolute Gasteiger partial charge is 0.130 e. The summed E-state index contributed by atoms with van der Waals surface area (Å²) in [6, 6.07) is 7.46. The van der Waals surface area contributed by atoms with Crippen LogP contribution in [-0.2, 0) is 13.6 Å². The third-order valence-corrected chi connectivity index (χ3v) is 3.07. The van der Waals surface area contributed by atoms with Crippen molar-refractivity contribution in [1.82, 2.24) is 9.88 Å². The highest BCUT2D eigenvalue weighted by Crippen LogP contribution is 2.18. The maximum atomic E-state index is 13.6. The van der Waals surface area contributed by atoms with Gasteiger partial charge in [0.25, 0.3) is 0 Å². The summed E-state index contributed by atoms with van der Waals surface area (Å²) in [5.74, 6) is -1.06. The zero-order valence-corrected chi connectivity index (χ0v) is 10.5. The SMILES string of the molecule is CC(NCc1cccn1C)c1ccc(F)cc1F. The Kier molecular flexibility index (Phi) is 3.77. The Morgan fingerprint density at radius 1 is 1.28 bits per heavy atom. The first-order chi connectivity index (χ1) is 8.58. The molecule has 0 aliphatic carbocycles. The van der Waals surface area contributed by atoms with E-state index in [-0.39, 0.29) is 6.04 Å². The molecule has 0 radical (unpaired) electrons. The van der Waals surface area contributed by atoms with E-state index in [4.69, 9.17) is 0 Å². The topological polar surface area (TPSA) is 17.0 Å². The predicted molar refractivity (Wildman–Crippen MR) is 67.0 cm³/mol. The Morgan fingerprint density at radius 2 is 2.06 bits per heavy atom. The van der Waals surface area contributed by atoms with Crippen LogP contribution >= 0.6 is 0 Å². The fourth-order valence-electron chi connectivity index (χ4n) is 1.90. The number of aryl methyl sites for hydroxylation is 1. The van der Waals surface area contributed by atoms with Crippen molar-refractivity contribution in [3.8, 4) is 0 Å². The maximum absolute atomic E-state index is 13.6. The molecule has 1 N–H and O–H groups in total. The van der Waals surface area contributed by atoms with E-state index in [2.05, 4.69) is 5.32 Å². The molecule has 0 aliphatic heterocycles. The van der Waals surface area contributed by atoms with E-state index in [9.17, 15) is 8.78 Å². The monoisotopic (exact) mass is 250 g/mol. The van der Waals surface area contributed by atoms with Crippen LogP contribution in [0.15, 0.2) is 36.5 Å². The number of rotatable bonds is 4. The van der Waals surface area contributed by atoms with Crippen molar-refractivity contribution in [3.63, 3.8) is 0 Å². The standard InChI is InChI=1S/C14H16F2N2/c1-10(13-6-5-11(15)8-14(13)16)17-9-12-4-3-7-18(12)2/h3-8,10,17H,9H2,1-2H3. The van der Waals surface area contributed by atoms with E-state index in [0.29, 0.717) is 12.1 Å². The molecule has 18 heavy (non-hydrogen) atoms. The summed E-state index contributed by atoms with van der Waals surface area (Å²) in [5.41, 5.74) is 1.59. The van der Waals surface area contributed by atoms with Gasteiger partial charge in [-0.25, -0.2) is 8.78 Å². The third kappa shape index (κ3) is 2.76. The maximum Gasteiger partial charge on any atom is 0.130 e. The molecule has 2 aromatic rings. The van der Waals surface area contributed by atoms with Crippen molar-refractivity contribution in [2.45, 2.75) is 19.5 Å². The average Bonchev–Trinajstić information content (AvgIpc) is 2.72. The molecule has 0 amide bonds. The van der Waals surface area contributed by atoms with E-state index >= 15 is 0 Å². The van der Waals surface area contributed by atoms with Gasteiger partial charge in [0.05, 0.1) is 0 Å². The van der Waals surface area contributed by atoms with Crippen molar-refractivity contribution >= 4 is 0 Å². The summed E-state index contributed by atoms with van der Waals surface area (Å²) in [7, 11) is 1.96. The minimum absolute atomic E-state index is 0.166. The van der Waals surface area contributed by atoms with Crippen LogP contribution in [0.4, 0.5) is 8.78 Å². The summed E-state index contributed by atoms with van der Waals surface area (Å²) in [6.45, 7) is 2.50. The molecule has 2 nitrogen and oxygen atoms in total. The first kappa shape index (κ1) is 12.8. The number of benzene rings is 1. The van der Waals surface area contributed by atoms with Crippen molar-refractivity contribution < 1.29 is 8.78 Å². The number of halogens is 2. The summed E-state index contributed by atoms with van der Waals surface area (Å²) < 4.78 is 28.4. The first-order valence-electron chi connectivity index (χ1n) is 5.86. The lowest BCUT2D eigenvalue weighted by Crippen LogP contribution is -2.20. The van der Waals surface area contributed by atoms with E-state index < -0.39 is 11.6 Å². The van der Waals surface area contributed by atoms with Crippen molar-refractivity contribution in [3.05, 3.63) is 59.4 Å². The molecule has 0 bridgehead atoms. The van der Waals surface area contributed by atoms with Crippen LogP contribution < -0.4 is 5.32 Å².